The molecule has 0 aromatic carbocycles. The first kappa shape index (κ1) is 9.90. The Morgan fingerprint density at radius 3 is 1.75 bits per heavy atom. The van der Waals surface area contributed by atoms with Gasteiger partial charge in [-0.2, -0.15) is 0 Å². The van der Waals surface area contributed by atoms with Crippen LogP contribution in [0.25, 0.3) is 0 Å². The van der Waals surface area contributed by atoms with Crippen molar-refractivity contribution < 1.29 is 0 Å². The monoisotopic (exact) mass is 220 g/mol. The van der Waals surface area contributed by atoms with Crippen molar-refractivity contribution >= 4 is 0 Å². The van der Waals surface area contributed by atoms with Crippen molar-refractivity contribution in [3.05, 3.63) is 0 Å². The molecule has 4 aliphatic rings. The fourth-order valence-electron chi connectivity index (χ4n) is 4.49. The molecule has 2 saturated carbocycles. The summed E-state index contributed by atoms with van der Waals surface area (Å²) in [4.78, 5) is 2.96. The van der Waals surface area contributed by atoms with Gasteiger partial charge >= 0.3 is 0 Å². The average Bonchev–Trinajstić information content (AvgIpc) is 3.13. The molecule has 0 radical (unpaired) electrons. The minimum absolute atomic E-state index is 0.507. The Labute approximate surface area is 98.6 Å². The minimum Gasteiger partial charge on any atom is -0.328 e. The third kappa shape index (κ3) is 1.53. The van der Waals surface area contributed by atoms with E-state index in [1.54, 1.807) is 0 Å². The van der Waals surface area contributed by atoms with Crippen LogP contribution in [-0.4, -0.2) is 29.1 Å². The van der Waals surface area contributed by atoms with E-state index in [9.17, 15) is 0 Å². The molecule has 2 unspecified atom stereocenters. The van der Waals surface area contributed by atoms with Crippen LogP contribution in [0.1, 0.15) is 51.4 Å². The lowest BCUT2D eigenvalue weighted by atomic mass is 9.93. The fraction of sp³-hybridized carbons (Fsp3) is 1.00. The summed E-state index contributed by atoms with van der Waals surface area (Å²) < 4.78 is 0. The van der Waals surface area contributed by atoms with Crippen molar-refractivity contribution in [3.8, 4) is 0 Å². The second kappa shape index (κ2) is 3.46. The molecule has 90 valence electrons. The molecular formula is C14H24N2. The van der Waals surface area contributed by atoms with Crippen LogP contribution in [0.5, 0.6) is 0 Å². The Bertz CT molecular complexity index is 256. The van der Waals surface area contributed by atoms with Crippen molar-refractivity contribution in [2.45, 2.75) is 75.5 Å². The molecule has 2 aliphatic carbocycles. The molecule has 0 amide bonds. The van der Waals surface area contributed by atoms with Gasteiger partial charge in [-0.3, -0.25) is 4.90 Å². The Hall–Kier alpha value is -0.0800. The predicted octanol–water partition coefficient (Wildman–Crippen LogP) is 2.13. The molecule has 2 atom stereocenters. The summed E-state index contributed by atoms with van der Waals surface area (Å²) in [6.07, 6.45) is 11.5. The molecule has 2 N–H and O–H groups in total. The van der Waals surface area contributed by atoms with Gasteiger partial charge in [-0.15, -0.1) is 0 Å². The van der Waals surface area contributed by atoms with Crippen molar-refractivity contribution in [2.75, 3.05) is 0 Å². The highest BCUT2D eigenvalue weighted by atomic mass is 15.3. The van der Waals surface area contributed by atoms with Gasteiger partial charge in [0.1, 0.15) is 0 Å². The molecular weight excluding hydrogens is 196 g/mol. The van der Waals surface area contributed by atoms with E-state index >= 15 is 0 Å². The van der Waals surface area contributed by atoms with E-state index in [0.717, 1.165) is 30.0 Å². The molecule has 2 heteroatoms. The summed E-state index contributed by atoms with van der Waals surface area (Å²) in [7, 11) is 0. The van der Waals surface area contributed by atoms with Crippen LogP contribution in [0.4, 0.5) is 0 Å². The van der Waals surface area contributed by atoms with Crippen molar-refractivity contribution in [1.29, 1.82) is 0 Å². The van der Waals surface area contributed by atoms with Crippen molar-refractivity contribution in [2.24, 2.45) is 17.6 Å². The normalized spacial score (nSPS) is 44.2. The van der Waals surface area contributed by atoms with Gasteiger partial charge in [0.15, 0.2) is 0 Å². The molecule has 0 aromatic rings. The van der Waals surface area contributed by atoms with E-state index in [-0.39, 0.29) is 0 Å². The van der Waals surface area contributed by atoms with Gasteiger partial charge in [-0.1, -0.05) is 0 Å². The molecule has 0 spiro atoms. The standard InChI is InChI=1S/C14H24N2/c15-11-7-12-5-6-13(8-11)16(12)14(9-1-2-9)10-3-4-10/h9-14H,1-8,15H2. The highest BCUT2D eigenvalue weighted by Crippen LogP contribution is 2.51. The van der Waals surface area contributed by atoms with Crippen LogP contribution in [0.15, 0.2) is 0 Å². The topological polar surface area (TPSA) is 29.3 Å². The van der Waals surface area contributed by atoms with Gasteiger partial charge in [0, 0.05) is 24.2 Å². The average molecular weight is 220 g/mol. The third-order valence-electron chi connectivity index (χ3n) is 5.38. The van der Waals surface area contributed by atoms with E-state index in [1.165, 1.54) is 51.4 Å². The maximum atomic E-state index is 6.17. The molecule has 2 heterocycles. The van der Waals surface area contributed by atoms with Gasteiger partial charge < -0.3 is 5.73 Å². The number of hydrogen-bond donors (Lipinski definition) is 1. The first-order valence-corrected chi connectivity index (χ1v) is 7.36. The molecule has 4 fully saturated rings. The maximum Gasteiger partial charge on any atom is 0.0158 e. The smallest absolute Gasteiger partial charge is 0.0158 e. The summed E-state index contributed by atoms with van der Waals surface area (Å²) >= 11 is 0. The van der Waals surface area contributed by atoms with Crippen molar-refractivity contribution in [1.82, 2.24) is 4.90 Å². The Morgan fingerprint density at radius 2 is 1.31 bits per heavy atom. The van der Waals surface area contributed by atoms with Crippen LogP contribution in [0, 0.1) is 11.8 Å². The Kier molecular flexibility index (Phi) is 2.14. The lowest BCUT2D eigenvalue weighted by Gasteiger charge is -2.43. The molecule has 0 aromatic heterocycles. The zero-order valence-corrected chi connectivity index (χ0v) is 10.1. The quantitative estimate of drug-likeness (QED) is 0.789. The zero-order chi connectivity index (χ0) is 10.7. The lowest BCUT2D eigenvalue weighted by molar-refractivity contribution is 0.0546. The number of hydrogen-bond acceptors (Lipinski definition) is 2. The van der Waals surface area contributed by atoms with Crippen LogP contribution in [0.2, 0.25) is 0 Å². The number of nitrogens with two attached hydrogens (primary N) is 1. The lowest BCUT2D eigenvalue weighted by Crippen LogP contribution is -2.53. The summed E-state index contributed by atoms with van der Waals surface area (Å²) in [6.45, 7) is 0. The summed E-state index contributed by atoms with van der Waals surface area (Å²) in [6, 6.07) is 3.21. The van der Waals surface area contributed by atoms with E-state index in [4.69, 9.17) is 5.73 Å². The Balaban J connectivity index is 1.57. The van der Waals surface area contributed by atoms with Crippen LogP contribution >= 0.6 is 0 Å². The van der Waals surface area contributed by atoms with Gasteiger partial charge in [0.2, 0.25) is 0 Å². The molecule has 4 rings (SSSR count). The SMILES string of the molecule is NC1CC2CCC(C1)N2C(C1CC1)C1CC1. The largest absolute Gasteiger partial charge is 0.328 e. The molecule has 2 aliphatic heterocycles. The first-order chi connectivity index (χ1) is 7.83. The van der Waals surface area contributed by atoms with E-state index < -0.39 is 0 Å². The fourth-order valence-corrected chi connectivity index (χ4v) is 4.49. The highest BCUT2D eigenvalue weighted by molar-refractivity contribution is 5.06. The summed E-state index contributed by atoms with van der Waals surface area (Å²) in [5.74, 6) is 2.15. The summed E-state index contributed by atoms with van der Waals surface area (Å²) in [5.41, 5.74) is 6.17. The second-order valence-corrected chi connectivity index (χ2v) is 6.73. The Morgan fingerprint density at radius 1 is 0.812 bits per heavy atom. The summed E-state index contributed by atoms with van der Waals surface area (Å²) in [5, 5.41) is 0. The number of rotatable bonds is 3. The van der Waals surface area contributed by atoms with Crippen molar-refractivity contribution in [3.63, 3.8) is 0 Å². The predicted molar refractivity (Wildman–Crippen MR) is 65.1 cm³/mol. The number of fused-ring (bicyclic) bond motifs is 2. The van der Waals surface area contributed by atoms with Gasteiger partial charge in [-0.25, -0.2) is 0 Å². The number of nitrogens with zero attached hydrogens (tertiary/aromatic N) is 1. The highest BCUT2D eigenvalue weighted by Gasteiger charge is 2.51. The van der Waals surface area contributed by atoms with Gasteiger partial charge in [0.05, 0.1) is 0 Å². The number of piperidine rings is 1. The van der Waals surface area contributed by atoms with Gasteiger partial charge in [0.25, 0.3) is 0 Å². The zero-order valence-electron chi connectivity index (χ0n) is 10.1. The van der Waals surface area contributed by atoms with E-state index in [2.05, 4.69) is 4.90 Å². The van der Waals surface area contributed by atoms with Gasteiger partial charge in [-0.05, 0) is 63.2 Å². The van der Waals surface area contributed by atoms with Crippen LogP contribution in [-0.2, 0) is 0 Å². The van der Waals surface area contributed by atoms with E-state index in [1.807, 2.05) is 0 Å². The third-order valence-corrected chi connectivity index (χ3v) is 5.38. The second-order valence-electron chi connectivity index (χ2n) is 6.73. The molecule has 2 bridgehead atoms. The minimum atomic E-state index is 0.507. The maximum absolute atomic E-state index is 6.17. The van der Waals surface area contributed by atoms with E-state index in [0.29, 0.717) is 6.04 Å². The van der Waals surface area contributed by atoms with Crippen LogP contribution < -0.4 is 5.73 Å². The molecule has 2 saturated heterocycles. The first-order valence-electron chi connectivity index (χ1n) is 7.36. The molecule has 2 nitrogen and oxygen atoms in total. The van der Waals surface area contributed by atoms with Crippen LogP contribution in [0.3, 0.4) is 0 Å². The molecule has 16 heavy (non-hydrogen) atoms.